The summed E-state index contributed by atoms with van der Waals surface area (Å²) in [6.45, 7) is 2.61. The summed E-state index contributed by atoms with van der Waals surface area (Å²) < 4.78 is 0. The van der Waals surface area contributed by atoms with Crippen LogP contribution in [0.2, 0.25) is 0 Å². The topological polar surface area (TPSA) is 69.7 Å². The molecule has 0 spiro atoms. The molecule has 4 rings (SSSR count). The molecule has 1 N–H and O–H groups in total. The van der Waals surface area contributed by atoms with Gasteiger partial charge in [-0.25, -0.2) is 4.79 Å². The van der Waals surface area contributed by atoms with Crippen LogP contribution in [0.25, 0.3) is 0 Å². The van der Waals surface area contributed by atoms with Gasteiger partial charge in [0.2, 0.25) is 5.78 Å². The summed E-state index contributed by atoms with van der Waals surface area (Å²) in [4.78, 5) is 42.0. The van der Waals surface area contributed by atoms with Crippen molar-refractivity contribution in [1.29, 1.82) is 0 Å². The van der Waals surface area contributed by atoms with Crippen LogP contribution >= 0.6 is 11.3 Å². The molecule has 2 aromatic rings. The van der Waals surface area contributed by atoms with Crippen molar-refractivity contribution in [2.24, 2.45) is 0 Å². The number of benzene rings is 1. The Balaban J connectivity index is 1.48. The first-order valence-corrected chi connectivity index (χ1v) is 10.0. The Kier molecular flexibility index (Phi) is 4.94. The van der Waals surface area contributed by atoms with Gasteiger partial charge in [0, 0.05) is 37.8 Å². The zero-order chi connectivity index (χ0) is 18.8. The van der Waals surface area contributed by atoms with Crippen LogP contribution in [0.4, 0.5) is 4.79 Å². The van der Waals surface area contributed by atoms with Crippen molar-refractivity contribution in [2.75, 3.05) is 26.2 Å². The average molecular weight is 383 g/mol. The number of amides is 3. The van der Waals surface area contributed by atoms with Crippen LogP contribution in [-0.2, 0) is 0 Å². The third-order valence-electron chi connectivity index (χ3n) is 5.23. The first kappa shape index (κ1) is 17.7. The number of nitrogens with zero attached hydrogens (tertiary/aromatic N) is 2. The van der Waals surface area contributed by atoms with Crippen LogP contribution in [0.15, 0.2) is 41.8 Å². The van der Waals surface area contributed by atoms with E-state index in [4.69, 9.17) is 0 Å². The summed E-state index contributed by atoms with van der Waals surface area (Å²) in [5, 5.41) is 4.69. The lowest BCUT2D eigenvalue weighted by Crippen LogP contribution is -2.47. The molecule has 27 heavy (non-hydrogen) atoms. The van der Waals surface area contributed by atoms with E-state index in [1.165, 1.54) is 11.3 Å². The van der Waals surface area contributed by atoms with Crippen molar-refractivity contribution in [3.63, 3.8) is 0 Å². The lowest BCUT2D eigenvalue weighted by Gasteiger charge is -2.36. The molecule has 2 aliphatic heterocycles. The number of piperidine rings is 1. The molecule has 2 aliphatic rings. The monoisotopic (exact) mass is 383 g/mol. The highest BCUT2D eigenvalue weighted by molar-refractivity contribution is 7.12. The van der Waals surface area contributed by atoms with Crippen LogP contribution in [-0.4, -0.2) is 59.7 Å². The van der Waals surface area contributed by atoms with E-state index in [2.05, 4.69) is 5.32 Å². The summed E-state index contributed by atoms with van der Waals surface area (Å²) in [5.41, 5.74) is 0.902. The maximum atomic E-state index is 13.1. The predicted molar refractivity (Wildman–Crippen MR) is 103 cm³/mol. The van der Waals surface area contributed by atoms with Crippen molar-refractivity contribution in [3.05, 3.63) is 57.8 Å². The normalized spacial score (nSPS) is 17.9. The fourth-order valence-corrected chi connectivity index (χ4v) is 4.47. The van der Waals surface area contributed by atoms with E-state index in [0.29, 0.717) is 35.6 Å². The van der Waals surface area contributed by atoms with Gasteiger partial charge in [0.25, 0.3) is 5.91 Å². The molecule has 7 heteroatoms. The van der Waals surface area contributed by atoms with Gasteiger partial charge in [-0.05, 0) is 30.4 Å². The Labute approximate surface area is 161 Å². The van der Waals surface area contributed by atoms with E-state index in [-0.39, 0.29) is 23.8 Å². The molecular weight excluding hydrogens is 362 g/mol. The van der Waals surface area contributed by atoms with Crippen LogP contribution in [0.1, 0.15) is 38.4 Å². The Bertz CT molecular complexity index is 857. The number of thiophene rings is 1. The number of hydrogen-bond donors (Lipinski definition) is 1. The molecule has 140 valence electrons. The molecule has 6 nitrogen and oxygen atoms in total. The predicted octanol–water partition coefficient (Wildman–Crippen LogP) is 2.61. The van der Waals surface area contributed by atoms with Gasteiger partial charge in [-0.3, -0.25) is 9.59 Å². The van der Waals surface area contributed by atoms with Gasteiger partial charge in [-0.2, -0.15) is 0 Å². The fraction of sp³-hybridized carbons (Fsp3) is 0.350. The van der Waals surface area contributed by atoms with Crippen LogP contribution in [0, 0.1) is 0 Å². The standard InChI is InChI=1S/C20H21N3O3S/c24-18(17-6-3-13-27-17)15-4-1-2-5-16(15)19(25)22-10-7-14(8-11-22)23-12-9-21-20(23)26/h1-6,13-14H,7-12H2,(H,21,26). The van der Waals surface area contributed by atoms with Crippen LogP contribution in [0.5, 0.6) is 0 Å². The molecule has 3 heterocycles. The molecule has 2 saturated heterocycles. The number of nitrogens with one attached hydrogen (secondary N) is 1. The molecule has 1 aromatic carbocycles. The van der Waals surface area contributed by atoms with Crippen molar-refractivity contribution >= 4 is 29.1 Å². The van der Waals surface area contributed by atoms with Crippen LogP contribution in [0.3, 0.4) is 0 Å². The van der Waals surface area contributed by atoms with Crippen molar-refractivity contribution < 1.29 is 14.4 Å². The highest BCUT2D eigenvalue weighted by Gasteiger charge is 2.32. The summed E-state index contributed by atoms with van der Waals surface area (Å²) in [6.07, 6.45) is 1.53. The third kappa shape index (κ3) is 3.47. The quantitative estimate of drug-likeness (QED) is 0.825. The molecule has 1 aromatic heterocycles. The molecule has 0 radical (unpaired) electrons. The second-order valence-electron chi connectivity index (χ2n) is 6.80. The molecule has 0 aliphatic carbocycles. The smallest absolute Gasteiger partial charge is 0.317 e. The van der Waals surface area contributed by atoms with Crippen molar-refractivity contribution in [1.82, 2.24) is 15.1 Å². The third-order valence-corrected chi connectivity index (χ3v) is 6.10. The van der Waals surface area contributed by atoms with E-state index in [1.54, 1.807) is 35.2 Å². The summed E-state index contributed by atoms with van der Waals surface area (Å²) in [7, 11) is 0. The van der Waals surface area contributed by atoms with Gasteiger partial charge < -0.3 is 15.1 Å². The number of urea groups is 1. The molecular formula is C20H21N3O3S. The second-order valence-corrected chi connectivity index (χ2v) is 7.75. The number of rotatable bonds is 4. The largest absolute Gasteiger partial charge is 0.338 e. The van der Waals surface area contributed by atoms with E-state index < -0.39 is 0 Å². The van der Waals surface area contributed by atoms with Gasteiger partial charge >= 0.3 is 6.03 Å². The molecule has 0 saturated carbocycles. The molecule has 0 bridgehead atoms. The SMILES string of the molecule is O=C(c1cccs1)c1ccccc1C(=O)N1CCC(N2CCNC2=O)CC1. The lowest BCUT2D eigenvalue weighted by molar-refractivity contribution is 0.0663. The van der Waals surface area contributed by atoms with E-state index in [1.807, 2.05) is 16.3 Å². The zero-order valence-electron chi connectivity index (χ0n) is 14.9. The van der Waals surface area contributed by atoms with Gasteiger partial charge in [0.05, 0.1) is 10.4 Å². The van der Waals surface area contributed by atoms with Crippen LogP contribution < -0.4 is 5.32 Å². The van der Waals surface area contributed by atoms with Gasteiger partial charge in [-0.15, -0.1) is 11.3 Å². The highest BCUT2D eigenvalue weighted by atomic mass is 32.1. The molecule has 0 unspecified atom stereocenters. The number of ketones is 1. The van der Waals surface area contributed by atoms with Gasteiger partial charge in [0.15, 0.2) is 0 Å². The summed E-state index contributed by atoms with van der Waals surface area (Å²) >= 11 is 1.38. The first-order chi connectivity index (χ1) is 13.1. The number of likely N-dealkylation sites (tertiary alicyclic amines) is 1. The minimum Gasteiger partial charge on any atom is -0.338 e. The van der Waals surface area contributed by atoms with Crippen molar-refractivity contribution in [3.8, 4) is 0 Å². The summed E-state index contributed by atoms with van der Waals surface area (Å²) in [6, 6.07) is 10.8. The minimum atomic E-state index is -0.113. The average Bonchev–Trinajstić information content (AvgIpc) is 3.39. The Hall–Kier alpha value is -2.67. The zero-order valence-corrected chi connectivity index (χ0v) is 15.7. The Morgan fingerprint density at radius 1 is 1.00 bits per heavy atom. The molecule has 3 amide bonds. The number of carbonyl (C=O) groups excluding carboxylic acids is 3. The van der Waals surface area contributed by atoms with Gasteiger partial charge in [-0.1, -0.05) is 24.3 Å². The van der Waals surface area contributed by atoms with E-state index >= 15 is 0 Å². The number of carbonyl (C=O) groups is 3. The minimum absolute atomic E-state index is 0.00772. The summed E-state index contributed by atoms with van der Waals surface area (Å²) in [5.74, 6) is -0.225. The highest BCUT2D eigenvalue weighted by Crippen LogP contribution is 2.23. The lowest BCUT2D eigenvalue weighted by atomic mass is 9.99. The molecule has 2 fully saturated rings. The fourth-order valence-electron chi connectivity index (χ4n) is 3.79. The van der Waals surface area contributed by atoms with Gasteiger partial charge in [0.1, 0.15) is 0 Å². The van der Waals surface area contributed by atoms with E-state index in [0.717, 1.165) is 19.4 Å². The maximum absolute atomic E-state index is 13.1. The second kappa shape index (κ2) is 7.52. The van der Waals surface area contributed by atoms with E-state index in [9.17, 15) is 14.4 Å². The van der Waals surface area contributed by atoms with Crippen molar-refractivity contribution in [2.45, 2.75) is 18.9 Å². The Morgan fingerprint density at radius 2 is 1.74 bits per heavy atom. The maximum Gasteiger partial charge on any atom is 0.317 e. The Morgan fingerprint density at radius 3 is 2.37 bits per heavy atom. The first-order valence-electron chi connectivity index (χ1n) is 9.16. The number of hydrogen-bond acceptors (Lipinski definition) is 4. The molecule has 0 atom stereocenters.